The molecule has 0 aliphatic rings. The molecule has 0 fully saturated rings. The fourth-order valence-electron chi connectivity index (χ4n) is 1.76. The number of aromatic nitrogens is 4. The Morgan fingerprint density at radius 1 is 1.28 bits per heavy atom. The zero-order valence-electron chi connectivity index (χ0n) is 9.52. The Labute approximate surface area is 101 Å². The van der Waals surface area contributed by atoms with Crippen LogP contribution in [0.2, 0.25) is 0 Å². The predicted octanol–water partition coefficient (Wildman–Crippen LogP) is 1.64. The maximum Gasteiger partial charge on any atom is 0.269 e. The van der Waals surface area contributed by atoms with Gasteiger partial charge in [0.15, 0.2) is 0 Å². The van der Waals surface area contributed by atoms with Gasteiger partial charge in [0.25, 0.3) is 5.69 Å². The van der Waals surface area contributed by atoms with E-state index in [1.54, 1.807) is 33.7 Å². The van der Waals surface area contributed by atoms with Crippen molar-refractivity contribution in [3.63, 3.8) is 0 Å². The van der Waals surface area contributed by atoms with E-state index in [1.165, 1.54) is 12.1 Å². The maximum atomic E-state index is 10.6. The molecule has 0 spiro atoms. The third-order valence-electron chi connectivity index (χ3n) is 2.71. The van der Waals surface area contributed by atoms with E-state index in [-0.39, 0.29) is 5.69 Å². The largest absolute Gasteiger partial charge is 0.303 e. The van der Waals surface area contributed by atoms with Gasteiger partial charge in [-0.2, -0.15) is 5.10 Å². The van der Waals surface area contributed by atoms with Crippen molar-refractivity contribution in [1.82, 2.24) is 19.2 Å². The molecule has 0 amide bonds. The van der Waals surface area contributed by atoms with Crippen LogP contribution in [-0.4, -0.2) is 24.1 Å². The van der Waals surface area contributed by atoms with Crippen molar-refractivity contribution in [2.45, 2.75) is 0 Å². The summed E-state index contributed by atoms with van der Waals surface area (Å²) in [7, 11) is 1.86. The smallest absolute Gasteiger partial charge is 0.269 e. The Balaban J connectivity index is 2.05. The van der Waals surface area contributed by atoms with Crippen molar-refractivity contribution >= 4 is 11.5 Å². The van der Waals surface area contributed by atoms with Gasteiger partial charge in [0.1, 0.15) is 6.33 Å². The molecule has 18 heavy (non-hydrogen) atoms. The molecule has 0 saturated carbocycles. The molecule has 0 saturated heterocycles. The molecule has 7 nitrogen and oxygen atoms in total. The van der Waals surface area contributed by atoms with Crippen molar-refractivity contribution in [2.75, 3.05) is 0 Å². The maximum absolute atomic E-state index is 10.6. The first-order valence-corrected chi connectivity index (χ1v) is 5.27. The lowest BCUT2D eigenvalue weighted by atomic mass is 10.1. The van der Waals surface area contributed by atoms with E-state index in [4.69, 9.17) is 0 Å². The van der Waals surface area contributed by atoms with Crippen molar-refractivity contribution in [1.29, 1.82) is 0 Å². The van der Waals surface area contributed by atoms with Crippen LogP contribution in [-0.2, 0) is 7.05 Å². The number of nitro groups is 1. The third kappa shape index (κ3) is 1.53. The minimum atomic E-state index is -0.422. The van der Waals surface area contributed by atoms with Crippen molar-refractivity contribution < 1.29 is 4.92 Å². The third-order valence-corrected chi connectivity index (χ3v) is 2.71. The predicted molar refractivity (Wildman–Crippen MR) is 64.0 cm³/mol. The highest BCUT2D eigenvalue weighted by Crippen LogP contribution is 2.21. The number of non-ortho nitro benzene ring substituents is 1. The van der Waals surface area contributed by atoms with E-state index in [0.717, 1.165) is 17.0 Å². The molecule has 0 bridgehead atoms. The quantitative estimate of drug-likeness (QED) is 0.506. The minimum Gasteiger partial charge on any atom is -0.303 e. The number of nitrogens with zero attached hydrogens (tertiary/aromatic N) is 5. The summed E-state index contributed by atoms with van der Waals surface area (Å²) in [6.07, 6.45) is 3.46. The minimum absolute atomic E-state index is 0.0700. The molecule has 7 heteroatoms. The van der Waals surface area contributed by atoms with E-state index in [0.29, 0.717) is 0 Å². The molecule has 0 atom stereocenters. The first-order chi connectivity index (χ1) is 8.65. The molecule has 2 aromatic heterocycles. The molecule has 3 rings (SSSR count). The monoisotopic (exact) mass is 243 g/mol. The zero-order valence-corrected chi connectivity index (χ0v) is 9.52. The van der Waals surface area contributed by atoms with Gasteiger partial charge in [0.05, 0.1) is 16.8 Å². The summed E-state index contributed by atoms with van der Waals surface area (Å²) in [4.78, 5) is 14.6. The summed E-state index contributed by atoms with van der Waals surface area (Å²) in [5.74, 6) is 0.725. The van der Waals surface area contributed by atoms with Crippen molar-refractivity contribution in [2.24, 2.45) is 7.05 Å². The second-order valence-corrected chi connectivity index (χ2v) is 3.92. The van der Waals surface area contributed by atoms with E-state index >= 15 is 0 Å². The standard InChI is InChI=1S/C11H9N5O2/c1-14-7-12-15-6-10(13-11(14)15)8-2-4-9(5-3-8)16(17)18/h2-7H,1H3. The van der Waals surface area contributed by atoms with Crippen LogP contribution in [0.1, 0.15) is 0 Å². The van der Waals surface area contributed by atoms with E-state index in [2.05, 4.69) is 10.1 Å². The fourth-order valence-corrected chi connectivity index (χ4v) is 1.76. The summed E-state index contributed by atoms with van der Waals surface area (Å²) in [6.45, 7) is 0. The Bertz CT molecular complexity index is 726. The van der Waals surface area contributed by atoms with Crippen LogP contribution in [0, 0.1) is 10.1 Å². The second-order valence-electron chi connectivity index (χ2n) is 3.92. The number of hydrogen-bond donors (Lipinski definition) is 0. The van der Waals surface area contributed by atoms with Gasteiger partial charge in [0.2, 0.25) is 5.78 Å². The fraction of sp³-hybridized carbons (Fsp3) is 0.0909. The Morgan fingerprint density at radius 2 is 2.00 bits per heavy atom. The lowest BCUT2D eigenvalue weighted by molar-refractivity contribution is -0.384. The number of benzene rings is 1. The molecule has 0 radical (unpaired) electrons. The number of fused-ring (bicyclic) bond motifs is 1. The normalized spacial score (nSPS) is 10.9. The van der Waals surface area contributed by atoms with Gasteiger partial charge in [-0.1, -0.05) is 0 Å². The number of hydrogen-bond acceptors (Lipinski definition) is 4. The van der Waals surface area contributed by atoms with Gasteiger partial charge in [-0.05, 0) is 12.1 Å². The second kappa shape index (κ2) is 3.66. The average Bonchev–Trinajstić information content (AvgIpc) is 2.92. The average molecular weight is 243 g/mol. The number of nitro benzene ring substituents is 1. The van der Waals surface area contributed by atoms with E-state index in [1.807, 2.05) is 7.05 Å². The van der Waals surface area contributed by atoms with Crippen LogP contribution in [0.5, 0.6) is 0 Å². The Kier molecular flexibility index (Phi) is 2.12. The first-order valence-electron chi connectivity index (χ1n) is 5.27. The van der Waals surface area contributed by atoms with E-state index in [9.17, 15) is 10.1 Å². The highest BCUT2D eigenvalue weighted by atomic mass is 16.6. The summed E-state index contributed by atoms with van der Waals surface area (Å²) >= 11 is 0. The van der Waals surface area contributed by atoms with E-state index < -0.39 is 4.92 Å². The molecule has 90 valence electrons. The SMILES string of the molecule is Cn1cnn2cc(-c3ccc([N+](=O)[O-])cc3)nc12. The van der Waals surface area contributed by atoms with Crippen LogP contribution in [0.25, 0.3) is 17.0 Å². The number of rotatable bonds is 2. The van der Waals surface area contributed by atoms with Crippen LogP contribution >= 0.6 is 0 Å². The lowest BCUT2D eigenvalue weighted by Gasteiger charge is -1.95. The topological polar surface area (TPSA) is 78.3 Å². The number of imidazole rings is 1. The van der Waals surface area contributed by atoms with Gasteiger partial charge in [-0.25, -0.2) is 9.50 Å². The first kappa shape index (κ1) is 10.5. The molecular formula is C11H9N5O2. The zero-order chi connectivity index (χ0) is 12.7. The van der Waals surface area contributed by atoms with Gasteiger partial charge >= 0.3 is 0 Å². The number of aryl methyl sites for hydroxylation is 1. The van der Waals surface area contributed by atoms with Crippen LogP contribution in [0.15, 0.2) is 36.8 Å². The van der Waals surface area contributed by atoms with Crippen LogP contribution < -0.4 is 0 Å². The molecule has 1 aromatic carbocycles. The summed E-state index contributed by atoms with van der Waals surface area (Å²) in [6, 6.07) is 6.29. The summed E-state index contributed by atoms with van der Waals surface area (Å²) in [5, 5.41) is 14.7. The van der Waals surface area contributed by atoms with Gasteiger partial charge < -0.3 is 4.57 Å². The molecule has 2 heterocycles. The molecular weight excluding hydrogens is 234 g/mol. The highest BCUT2D eigenvalue weighted by molar-refractivity contribution is 5.62. The molecule has 0 unspecified atom stereocenters. The Morgan fingerprint density at radius 3 is 2.61 bits per heavy atom. The lowest BCUT2D eigenvalue weighted by Crippen LogP contribution is -1.88. The van der Waals surface area contributed by atoms with Crippen LogP contribution in [0.4, 0.5) is 5.69 Å². The summed E-state index contributed by atoms with van der Waals surface area (Å²) in [5.41, 5.74) is 1.63. The van der Waals surface area contributed by atoms with Crippen LogP contribution in [0.3, 0.4) is 0 Å². The van der Waals surface area contributed by atoms with Gasteiger partial charge in [-0.3, -0.25) is 10.1 Å². The molecule has 3 aromatic rings. The van der Waals surface area contributed by atoms with Gasteiger partial charge in [0, 0.05) is 24.7 Å². The summed E-state index contributed by atoms with van der Waals surface area (Å²) < 4.78 is 3.46. The van der Waals surface area contributed by atoms with Crippen molar-refractivity contribution in [3.05, 3.63) is 46.9 Å². The van der Waals surface area contributed by atoms with Crippen molar-refractivity contribution in [3.8, 4) is 11.3 Å². The molecule has 0 aliphatic heterocycles. The van der Waals surface area contributed by atoms with Gasteiger partial charge in [-0.15, -0.1) is 0 Å². The molecule has 0 aliphatic carbocycles. The molecule has 0 N–H and O–H groups in total. The Hall–Kier alpha value is -2.70. The highest BCUT2D eigenvalue weighted by Gasteiger charge is 2.09.